The molecule has 0 saturated carbocycles. The van der Waals surface area contributed by atoms with E-state index in [-0.39, 0.29) is 5.75 Å². The molecule has 3 aromatic rings. The Morgan fingerprint density at radius 1 is 0.962 bits per heavy atom. The molecule has 4 nitrogen and oxygen atoms in total. The third-order valence-corrected chi connectivity index (χ3v) is 3.87. The number of anilines is 1. The van der Waals surface area contributed by atoms with Crippen molar-refractivity contribution in [3.8, 4) is 22.9 Å². The van der Waals surface area contributed by atoms with Gasteiger partial charge in [0.15, 0.2) is 0 Å². The van der Waals surface area contributed by atoms with E-state index in [1.54, 1.807) is 0 Å². The smallest absolute Gasteiger partial charge is 0.481 e. The summed E-state index contributed by atoms with van der Waals surface area (Å²) in [6, 6.07) is 13.4. The highest BCUT2D eigenvalue weighted by Crippen LogP contribution is 2.32. The molecule has 7 heteroatoms. The average molecular weight is 362 g/mol. The van der Waals surface area contributed by atoms with Crippen molar-refractivity contribution in [1.29, 1.82) is 0 Å². The highest BCUT2D eigenvalue weighted by Gasteiger charge is 2.31. The topological polar surface area (TPSA) is 34.6 Å². The van der Waals surface area contributed by atoms with Crippen molar-refractivity contribution >= 4 is 16.5 Å². The van der Waals surface area contributed by atoms with Crippen molar-refractivity contribution in [2.75, 3.05) is 26.1 Å². The molecule has 1 heterocycles. The fourth-order valence-corrected chi connectivity index (χ4v) is 2.62. The summed E-state index contributed by atoms with van der Waals surface area (Å²) >= 11 is 0. The van der Waals surface area contributed by atoms with Gasteiger partial charge in [-0.25, -0.2) is 4.98 Å². The second-order valence-corrected chi connectivity index (χ2v) is 5.89. The summed E-state index contributed by atoms with van der Waals surface area (Å²) in [6.07, 6.45) is -4.71. The summed E-state index contributed by atoms with van der Waals surface area (Å²) < 4.78 is 46.1. The van der Waals surface area contributed by atoms with E-state index in [0.717, 1.165) is 16.5 Å². The van der Waals surface area contributed by atoms with Crippen LogP contribution in [0.15, 0.2) is 48.5 Å². The maximum atomic E-state index is 12.3. The van der Waals surface area contributed by atoms with Crippen LogP contribution >= 0.6 is 0 Å². The summed E-state index contributed by atoms with van der Waals surface area (Å²) in [4.78, 5) is 6.45. The molecule has 0 saturated heterocycles. The molecule has 0 bridgehead atoms. The van der Waals surface area contributed by atoms with Crippen LogP contribution in [0.2, 0.25) is 0 Å². The number of hydrogen-bond acceptors (Lipinski definition) is 4. The summed E-state index contributed by atoms with van der Waals surface area (Å²) in [5.41, 5.74) is 2.28. The second-order valence-electron chi connectivity index (χ2n) is 5.89. The highest BCUT2D eigenvalue weighted by molar-refractivity contribution is 5.92. The van der Waals surface area contributed by atoms with Gasteiger partial charge in [0.2, 0.25) is 5.88 Å². The molecule has 136 valence electrons. The van der Waals surface area contributed by atoms with Crippen LogP contribution in [-0.2, 0) is 0 Å². The fourth-order valence-electron chi connectivity index (χ4n) is 2.62. The molecule has 1 aromatic heterocycles. The van der Waals surface area contributed by atoms with Crippen molar-refractivity contribution in [3.05, 3.63) is 48.5 Å². The number of benzene rings is 2. The van der Waals surface area contributed by atoms with Crippen LogP contribution in [0.25, 0.3) is 22.0 Å². The lowest BCUT2D eigenvalue weighted by Crippen LogP contribution is -2.16. The Morgan fingerprint density at radius 2 is 1.65 bits per heavy atom. The largest absolute Gasteiger partial charge is 0.573 e. The van der Waals surface area contributed by atoms with Crippen LogP contribution in [0.4, 0.5) is 18.9 Å². The lowest BCUT2D eigenvalue weighted by molar-refractivity contribution is -0.274. The molecule has 26 heavy (non-hydrogen) atoms. The standard InChI is InChI=1S/C19H17F3N2O2/c1-24(2)14-6-9-16-13(10-14)11-17(23-18(16)25-3)12-4-7-15(8-5-12)26-19(20,21)22/h4-11H,1-3H3. The quantitative estimate of drug-likeness (QED) is 0.663. The third-order valence-electron chi connectivity index (χ3n) is 3.87. The van der Waals surface area contributed by atoms with Gasteiger partial charge in [0.1, 0.15) is 5.75 Å². The maximum absolute atomic E-state index is 12.3. The van der Waals surface area contributed by atoms with Crippen LogP contribution in [-0.4, -0.2) is 32.6 Å². The summed E-state index contributed by atoms with van der Waals surface area (Å²) in [5, 5.41) is 1.78. The van der Waals surface area contributed by atoms with E-state index in [0.29, 0.717) is 17.1 Å². The number of fused-ring (bicyclic) bond motifs is 1. The number of methoxy groups -OCH3 is 1. The Balaban J connectivity index is 2.04. The minimum atomic E-state index is -4.71. The number of aromatic nitrogens is 1. The van der Waals surface area contributed by atoms with Gasteiger partial charge in [0.25, 0.3) is 0 Å². The van der Waals surface area contributed by atoms with Gasteiger partial charge in [-0.1, -0.05) is 0 Å². The Bertz CT molecular complexity index is 922. The molecule has 0 N–H and O–H groups in total. The Kier molecular flexibility index (Phi) is 4.63. The first kappa shape index (κ1) is 17.8. The minimum absolute atomic E-state index is 0.274. The molecular formula is C19H17F3N2O2. The number of nitrogens with zero attached hydrogens (tertiary/aromatic N) is 2. The van der Waals surface area contributed by atoms with E-state index in [9.17, 15) is 13.2 Å². The predicted molar refractivity (Wildman–Crippen MR) is 94.7 cm³/mol. The number of rotatable bonds is 4. The first-order valence-electron chi connectivity index (χ1n) is 7.79. The monoisotopic (exact) mass is 362 g/mol. The first-order chi connectivity index (χ1) is 12.3. The van der Waals surface area contributed by atoms with E-state index in [2.05, 4.69) is 9.72 Å². The maximum Gasteiger partial charge on any atom is 0.573 e. The van der Waals surface area contributed by atoms with Gasteiger partial charge in [0, 0.05) is 30.7 Å². The fraction of sp³-hybridized carbons (Fsp3) is 0.211. The summed E-state index contributed by atoms with van der Waals surface area (Å²) in [6.45, 7) is 0. The molecule has 0 amide bonds. The predicted octanol–water partition coefficient (Wildman–Crippen LogP) is 4.88. The lowest BCUT2D eigenvalue weighted by Gasteiger charge is -2.15. The molecule has 0 aliphatic rings. The molecule has 0 aliphatic carbocycles. The van der Waals surface area contributed by atoms with Crippen LogP contribution in [0.3, 0.4) is 0 Å². The number of alkyl halides is 3. The Morgan fingerprint density at radius 3 is 2.23 bits per heavy atom. The zero-order valence-electron chi connectivity index (χ0n) is 14.5. The molecule has 2 aromatic carbocycles. The number of ether oxygens (including phenoxy) is 2. The van der Waals surface area contributed by atoms with Crippen LogP contribution in [0.5, 0.6) is 11.6 Å². The summed E-state index contributed by atoms with van der Waals surface area (Å²) in [5.74, 6) is 0.183. The zero-order valence-corrected chi connectivity index (χ0v) is 14.5. The number of halogens is 3. The van der Waals surface area contributed by atoms with Crippen molar-refractivity contribution in [3.63, 3.8) is 0 Å². The summed E-state index contributed by atoms with van der Waals surface area (Å²) in [7, 11) is 5.42. The van der Waals surface area contributed by atoms with Crippen molar-refractivity contribution in [2.24, 2.45) is 0 Å². The third kappa shape index (κ3) is 3.82. The normalized spacial score (nSPS) is 11.5. The van der Waals surface area contributed by atoms with Gasteiger partial charge in [-0.15, -0.1) is 13.2 Å². The van der Waals surface area contributed by atoms with Crippen molar-refractivity contribution in [2.45, 2.75) is 6.36 Å². The molecular weight excluding hydrogens is 345 g/mol. The van der Waals surface area contributed by atoms with Crippen LogP contribution in [0, 0.1) is 0 Å². The van der Waals surface area contributed by atoms with E-state index in [1.165, 1.54) is 31.4 Å². The number of pyridine rings is 1. The number of hydrogen-bond donors (Lipinski definition) is 0. The second kappa shape index (κ2) is 6.74. The van der Waals surface area contributed by atoms with Gasteiger partial charge in [-0.2, -0.15) is 0 Å². The molecule has 0 atom stereocenters. The zero-order chi connectivity index (χ0) is 18.9. The molecule has 0 fully saturated rings. The lowest BCUT2D eigenvalue weighted by atomic mass is 10.1. The minimum Gasteiger partial charge on any atom is -0.481 e. The van der Waals surface area contributed by atoms with Crippen LogP contribution in [0.1, 0.15) is 0 Å². The van der Waals surface area contributed by atoms with E-state index in [4.69, 9.17) is 4.74 Å². The van der Waals surface area contributed by atoms with E-state index in [1.807, 2.05) is 43.3 Å². The van der Waals surface area contributed by atoms with Gasteiger partial charge < -0.3 is 14.4 Å². The molecule has 0 unspecified atom stereocenters. The molecule has 0 spiro atoms. The highest BCUT2D eigenvalue weighted by atomic mass is 19.4. The van der Waals surface area contributed by atoms with Crippen molar-refractivity contribution in [1.82, 2.24) is 4.98 Å². The Hall–Kier alpha value is -2.96. The Labute approximate surface area is 148 Å². The van der Waals surface area contributed by atoms with Gasteiger partial charge in [-0.3, -0.25) is 0 Å². The SMILES string of the molecule is COc1nc(-c2ccc(OC(F)(F)F)cc2)cc2cc(N(C)C)ccc12. The molecule has 0 radical (unpaired) electrons. The molecule has 0 aliphatic heterocycles. The first-order valence-corrected chi connectivity index (χ1v) is 7.79. The van der Waals surface area contributed by atoms with Gasteiger partial charge >= 0.3 is 6.36 Å². The van der Waals surface area contributed by atoms with Crippen LogP contribution < -0.4 is 14.4 Å². The van der Waals surface area contributed by atoms with E-state index >= 15 is 0 Å². The van der Waals surface area contributed by atoms with Gasteiger partial charge in [0.05, 0.1) is 12.8 Å². The van der Waals surface area contributed by atoms with E-state index < -0.39 is 6.36 Å². The molecule has 3 rings (SSSR count). The van der Waals surface area contributed by atoms with Crippen molar-refractivity contribution < 1.29 is 22.6 Å². The van der Waals surface area contributed by atoms with Gasteiger partial charge in [-0.05, 0) is 53.9 Å². The average Bonchev–Trinajstić information content (AvgIpc) is 2.59.